The Balaban J connectivity index is 1.39. The average molecular weight is 453 g/mol. The molecule has 2 aliphatic heterocycles. The summed E-state index contributed by atoms with van der Waals surface area (Å²) in [6.07, 6.45) is 2.41. The predicted molar refractivity (Wildman–Crippen MR) is 126 cm³/mol. The fourth-order valence-corrected chi connectivity index (χ4v) is 5.18. The maximum Gasteiger partial charge on any atom is 0.235 e. The molecule has 5 rings (SSSR count). The van der Waals surface area contributed by atoms with Gasteiger partial charge in [0.05, 0.1) is 24.7 Å². The van der Waals surface area contributed by atoms with Crippen LogP contribution < -0.4 is 19.7 Å². The van der Waals surface area contributed by atoms with Gasteiger partial charge in [-0.05, 0) is 66.1 Å². The highest BCUT2D eigenvalue weighted by atomic mass is 16.7. The van der Waals surface area contributed by atoms with Crippen molar-refractivity contribution in [1.29, 1.82) is 0 Å². The lowest BCUT2D eigenvalue weighted by molar-refractivity contribution is -0.118. The van der Waals surface area contributed by atoms with Crippen molar-refractivity contribution < 1.29 is 24.5 Å². The maximum atomic E-state index is 13.3. The summed E-state index contributed by atoms with van der Waals surface area (Å²) in [4.78, 5) is 15.5. The standard InChI is InChI=1S/C26H32N2O5/c1-25(2,3)23-11-16-10-18(5-6-20(16)28(23)19(13-29)14-30)27-24(31)26(8-9-26)17-4-7-21-22(12-17)33-15-32-21/h4-7,10,12,19,23,29-30H,8-9,11,13-15H2,1-3H3,(H,27,31). The van der Waals surface area contributed by atoms with E-state index in [-0.39, 0.29) is 43.4 Å². The number of fused-ring (bicyclic) bond motifs is 2. The minimum absolute atomic E-state index is 0.00728. The lowest BCUT2D eigenvalue weighted by Crippen LogP contribution is -2.50. The van der Waals surface area contributed by atoms with Crippen LogP contribution in [0.5, 0.6) is 11.5 Å². The van der Waals surface area contributed by atoms with Crippen LogP contribution in [0.15, 0.2) is 36.4 Å². The number of anilines is 2. The van der Waals surface area contributed by atoms with Crippen molar-refractivity contribution in [3.05, 3.63) is 47.5 Å². The van der Waals surface area contributed by atoms with Crippen molar-refractivity contribution in [1.82, 2.24) is 0 Å². The monoisotopic (exact) mass is 452 g/mol. The number of benzene rings is 2. The topological polar surface area (TPSA) is 91.3 Å². The number of amides is 1. The molecule has 1 fully saturated rings. The number of carbonyl (C=O) groups is 1. The van der Waals surface area contributed by atoms with E-state index in [1.54, 1.807) is 0 Å². The SMILES string of the molecule is CC(C)(C)C1Cc2cc(NC(=O)C3(c4ccc5c(c4)OCO5)CC3)ccc2N1C(CO)CO. The van der Waals surface area contributed by atoms with Crippen molar-refractivity contribution in [2.75, 3.05) is 30.2 Å². The Hall–Kier alpha value is -2.77. The third-order valence-corrected chi connectivity index (χ3v) is 7.29. The molecule has 0 saturated heterocycles. The highest BCUT2D eigenvalue weighted by molar-refractivity contribution is 6.01. The van der Waals surface area contributed by atoms with Gasteiger partial charge in [0.2, 0.25) is 12.7 Å². The van der Waals surface area contributed by atoms with Crippen molar-refractivity contribution in [2.24, 2.45) is 5.41 Å². The molecule has 0 radical (unpaired) electrons. The number of hydrogen-bond donors (Lipinski definition) is 3. The van der Waals surface area contributed by atoms with Crippen molar-refractivity contribution in [2.45, 2.75) is 57.5 Å². The van der Waals surface area contributed by atoms with E-state index in [0.29, 0.717) is 5.75 Å². The lowest BCUT2D eigenvalue weighted by Gasteiger charge is -2.40. The first-order chi connectivity index (χ1) is 15.8. The first-order valence-corrected chi connectivity index (χ1v) is 11.6. The number of carbonyl (C=O) groups excluding carboxylic acids is 1. The number of aliphatic hydroxyl groups excluding tert-OH is 2. The van der Waals surface area contributed by atoms with Crippen molar-refractivity contribution in [3.8, 4) is 11.5 Å². The fourth-order valence-electron chi connectivity index (χ4n) is 5.18. The Morgan fingerprint density at radius 1 is 1.12 bits per heavy atom. The summed E-state index contributed by atoms with van der Waals surface area (Å²) in [5.74, 6) is 1.41. The van der Waals surface area contributed by atoms with Gasteiger partial charge in [0.1, 0.15) is 0 Å². The third-order valence-electron chi connectivity index (χ3n) is 7.29. The molecule has 1 amide bonds. The van der Waals surface area contributed by atoms with Crippen LogP contribution in [0.3, 0.4) is 0 Å². The van der Waals surface area contributed by atoms with Crippen molar-refractivity contribution in [3.63, 3.8) is 0 Å². The number of aliphatic hydroxyl groups is 2. The summed E-state index contributed by atoms with van der Waals surface area (Å²) in [5, 5.41) is 22.9. The Kier molecular flexibility index (Phi) is 5.29. The first kappa shape index (κ1) is 22.0. The lowest BCUT2D eigenvalue weighted by atomic mass is 9.84. The highest BCUT2D eigenvalue weighted by Gasteiger charge is 2.52. The van der Waals surface area contributed by atoms with Gasteiger partial charge in [0, 0.05) is 17.4 Å². The van der Waals surface area contributed by atoms with Gasteiger partial charge in [-0.3, -0.25) is 4.79 Å². The van der Waals surface area contributed by atoms with Gasteiger partial charge in [0.15, 0.2) is 11.5 Å². The Bertz CT molecular complexity index is 1070. The number of rotatable bonds is 6. The van der Waals surface area contributed by atoms with Crippen LogP contribution in [0.4, 0.5) is 11.4 Å². The second kappa shape index (κ2) is 7.92. The minimum atomic E-state index is -0.529. The second-order valence-electron chi connectivity index (χ2n) is 10.5. The average Bonchev–Trinajstić information content (AvgIpc) is 3.31. The van der Waals surface area contributed by atoms with Gasteiger partial charge in [0.25, 0.3) is 0 Å². The summed E-state index contributed by atoms with van der Waals surface area (Å²) in [6.45, 7) is 6.51. The Morgan fingerprint density at radius 2 is 1.85 bits per heavy atom. The van der Waals surface area contributed by atoms with E-state index in [9.17, 15) is 15.0 Å². The zero-order chi connectivity index (χ0) is 23.4. The normalized spacial score (nSPS) is 20.2. The molecule has 7 nitrogen and oxygen atoms in total. The molecule has 2 aromatic carbocycles. The molecule has 1 atom stereocenters. The number of nitrogens with zero attached hydrogens (tertiary/aromatic N) is 1. The molecular formula is C26H32N2O5. The van der Waals surface area contributed by atoms with E-state index < -0.39 is 5.41 Å². The molecule has 1 aliphatic carbocycles. The summed E-state index contributed by atoms with van der Waals surface area (Å²) in [6, 6.07) is 11.5. The molecule has 1 saturated carbocycles. The van der Waals surface area contributed by atoms with Gasteiger partial charge >= 0.3 is 0 Å². The summed E-state index contributed by atoms with van der Waals surface area (Å²) in [7, 11) is 0. The first-order valence-electron chi connectivity index (χ1n) is 11.6. The quantitative estimate of drug-likeness (QED) is 0.624. The van der Waals surface area contributed by atoms with Gasteiger partial charge in [-0.2, -0.15) is 0 Å². The van der Waals surface area contributed by atoms with E-state index in [1.165, 1.54) is 0 Å². The van der Waals surface area contributed by atoms with Gasteiger partial charge in [-0.25, -0.2) is 0 Å². The van der Waals surface area contributed by atoms with E-state index in [0.717, 1.165) is 47.5 Å². The van der Waals surface area contributed by atoms with Crippen LogP contribution >= 0.6 is 0 Å². The Labute approximate surface area is 194 Å². The molecule has 0 spiro atoms. The molecule has 2 heterocycles. The minimum Gasteiger partial charge on any atom is -0.454 e. The van der Waals surface area contributed by atoms with Crippen molar-refractivity contribution >= 4 is 17.3 Å². The molecule has 3 N–H and O–H groups in total. The van der Waals surface area contributed by atoms with Crippen LogP contribution in [0.1, 0.15) is 44.7 Å². The van der Waals surface area contributed by atoms with E-state index in [1.807, 2.05) is 36.4 Å². The molecule has 33 heavy (non-hydrogen) atoms. The van der Waals surface area contributed by atoms with Gasteiger partial charge in [-0.15, -0.1) is 0 Å². The van der Waals surface area contributed by atoms with E-state index in [4.69, 9.17) is 9.47 Å². The maximum absolute atomic E-state index is 13.3. The number of hydrogen-bond acceptors (Lipinski definition) is 6. The zero-order valence-electron chi connectivity index (χ0n) is 19.4. The van der Waals surface area contributed by atoms with Crippen LogP contribution in [0, 0.1) is 5.41 Å². The molecule has 0 bridgehead atoms. The highest BCUT2D eigenvalue weighted by Crippen LogP contribution is 2.51. The molecule has 0 aromatic heterocycles. The number of nitrogens with one attached hydrogen (secondary N) is 1. The molecule has 2 aromatic rings. The van der Waals surface area contributed by atoms with Gasteiger partial charge in [-0.1, -0.05) is 26.8 Å². The summed E-state index contributed by atoms with van der Waals surface area (Å²) in [5.41, 5.74) is 3.29. The van der Waals surface area contributed by atoms with Gasteiger partial charge < -0.3 is 29.9 Å². The zero-order valence-corrected chi connectivity index (χ0v) is 19.4. The molecular weight excluding hydrogens is 420 g/mol. The van der Waals surface area contributed by atoms with E-state index >= 15 is 0 Å². The smallest absolute Gasteiger partial charge is 0.235 e. The predicted octanol–water partition coefficient (Wildman–Crippen LogP) is 3.22. The van der Waals surface area contributed by atoms with Crippen LogP contribution in [0.2, 0.25) is 0 Å². The number of ether oxygens (including phenoxy) is 2. The van der Waals surface area contributed by atoms with E-state index in [2.05, 4.69) is 31.0 Å². The summed E-state index contributed by atoms with van der Waals surface area (Å²) < 4.78 is 10.9. The van der Waals surface area contributed by atoms with Crippen LogP contribution in [0.25, 0.3) is 0 Å². The molecule has 3 aliphatic rings. The molecule has 7 heteroatoms. The third kappa shape index (κ3) is 3.73. The largest absolute Gasteiger partial charge is 0.454 e. The Morgan fingerprint density at radius 3 is 2.52 bits per heavy atom. The fraction of sp³-hybridized carbons (Fsp3) is 0.500. The summed E-state index contributed by atoms with van der Waals surface area (Å²) >= 11 is 0. The second-order valence-corrected chi connectivity index (χ2v) is 10.5. The van der Waals surface area contributed by atoms with Crippen LogP contribution in [-0.2, 0) is 16.6 Å². The molecule has 1 unspecified atom stereocenters. The molecule has 176 valence electrons. The van der Waals surface area contributed by atoms with Crippen LogP contribution in [-0.4, -0.2) is 48.2 Å².